The van der Waals surface area contributed by atoms with E-state index in [0.717, 1.165) is 30.4 Å². The van der Waals surface area contributed by atoms with Crippen molar-refractivity contribution in [3.05, 3.63) is 35.7 Å². The van der Waals surface area contributed by atoms with Gasteiger partial charge in [0, 0.05) is 0 Å². The first-order valence-electron chi connectivity index (χ1n) is 5.98. The Hall–Kier alpha value is -1.31. The maximum atomic E-state index is 11.5. The summed E-state index contributed by atoms with van der Waals surface area (Å²) in [7, 11) is 1.64. The molecule has 0 saturated heterocycles. The van der Waals surface area contributed by atoms with Crippen molar-refractivity contribution in [2.75, 3.05) is 7.11 Å². The average Bonchev–Trinajstić information content (AvgIpc) is 2.36. The minimum absolute atomic E-state index is 0.384. The molecule has 1 atom stereocenters. The van der Waals surface area contributed by atoms with Gasteiger partial charge < -0.3 is 9.53 Å². The van der Waals surface area contributed by atoms with Crippen molar-refractivity contribution in [1.82, 2.24) is 0 Å². The van der Waals surface area contributed by atoms with Crippen molar-refractivity contribution in [1.29, 1.82) is 0 Å². The topological polar surface area (TPSA) is 26.3 Å². The van der Waals surface area contributed by atoms with E-state index in [1.54, 1.807) is 7.11 Å². The van der Waals surface area contributed by atoms with Crippen molar-refractivity contribution >= 4 is 6.29 Å². The summed E-state index contributed by atoms with van der Waals surface area (Å²) >= 11 is 0. The van der Waals surface area contributed by atoms with Gasteiger partial charge in [0.05, 0.1) is 12.5 Å². The number of hydrogen-bond donors (Lipinski definition) is 0. The fourth-order valence-electron chi connectivity index (χ4n) is 2.18. The molecule has 1 aromatic rings. The Labute approximate surface area is 104 Å². The van der Waals surface area contributed by atoms with Crippen LogP contribution in [0.5, 0.6) is 5.75 Å². The number of hydrogen-bond acceptors (Lipinski definition) is 2. The highest BCUT2D eigenvalue weighted by molar-refractivity contribution is 5.69. The molecule has 0 aromatic heterocycles. The van der Waals surface area contributed by atoms with E-state index >= 15 is 0 Å². The van der Waals surface area contributed by atoms with Gasteiger partial charge in [0.15, 0.2) is 0 Å². The van der Waals surface area contributed by atoms with E-state index < -0.39 is 0 Å². The van der Waals surface area contributed by atoms with Gasteiger partial charge >= 0.3 is 0 Å². The van der Waals surface area contributed by atoms with E-state index in [9.17, 15) is 4.79 Å². The van der Waals surface area contributed by atoms with Gasteiger partial charge in [-0.2, -0.15) is 0 Å². The van der Waals surface area contributed by atoms with Crippen molar-refractivity contribution in [2.24, 2.45) is 0 Å². The number of benzene rings is 1. The Morgan fingerprint density at radius 1 is 1.29 bits per heavy atom. The molecule has 0 spiro atoms. The molecular formula is C15H21O2. The summed E-state index contributed by atoms with van der Waals surface area (Å²) in [5.74, 6) is 2.09. The van der Waals surface area contributed by atoms with Crippen LogP contribution in [0.15, 0.2) is 24.3 Å². The number of aldehydes is 1. The number of rotatable bonds is 6. The summed E-state index contributed by atoms with van der Waals surface area (Å²) in [6.07, 6.45) is 2.70. The number of carbonyl (C=O) groups is 1. The zero-order valence-corrected chi connectivity index (χ0v) is 11.1. The standard InChI is InChI=1S/C15H21O2/c1-5-15(11-16,10-12(2)3)13-6-8-14(17-4)9-7-13/h6-9,11H,5,10H2,1-4H3. The van der Waals surface area contributed by atoms with Crippen LogP contribution in [0.4, 0.5) is 0 Å². The number of ether oxygens (including phenoxy) is 1. The Morgan fingerprint density at radius 2 is 1.88 bits per heavy atom. The molecule has 0 fully saturated rings. The molecule has 1 unspecified atom stereocenters. The highest BCUT2D eigenvalue weighted by atomic mass is 16.5. The lowest BCUT2D eigenvalue weighted by Crippen LogP contribution is -2.28. The Balaban J connectivity index is 3.07. The van der Waals surface area contributed by atoms with Crippen LogP contribution in [0.3, 0.4) is 0 Å². The monoisotopic (exact) mass is 233 g/mol. The van der Waals surface area contributed by atoms with Crippen LogP contribution in [0.1, 0.15) is 39.2 Å². The second-order valence-corrected chi connectivity index (χ2v) is 4.74. The SMILES string of the molecule is CCC(C=O)(C[C](C)C)c1ccc(OC)cc1. The molecule has 0 heterocycles. The molecule has 93 valence electrons. The van der Waals surface area contributed by atoms with Crippen LogP contribution >= 0.6 is 0 Å². The minimum atomic E-state index is -0.384. The normalized spacial score (nSPS) is 14.4. The Bertz CT molecular complexity index is 354. The summed E-state index contributed by atoms with van der Waals surface area (Å²) in [5, 5.41) is 0. The first-order valence-corrected chi connectivity index (χ1v) is 5.98. The van der Waals surface area contributed by atoms with Gasteiger partial charge in [-0.3, -0.25) is 0 Å². The third-order valence-electron chi connectivity index (χ3n) is 3.19. The van der Waals surface area contributed by atoms with Gasteiger partial charge in [0.25, 0.3) is 0 Å². The maximum absolute atomic E-state index is 11.5. The van der Waals surface area contributed by atoms with Crippen molar-refractivity contribution < 1.29 is 9.53 Å². The first-order chi connectivity index (χ1) is 8.07. The average molecular weight is 233 g/mol. The predicted molar refractivity (Wildman–Crippen MR) is 70.2 cm³/mol. The lowest BCUT2D eigenvalue weighted by Gasteiger charge is -2.29. The third kappa shape index (κ3) is 3.09. The van der Waals surface area contributed by atoms with Crippen LogP contribution < -0.4 is 4.74 Å². The zero-order valence-electron chi connectivity index (χ0n) is 11.1. The van der Waals surface area contributed by atoms with Crippen molar-refractivity contribution in [3.63, 3.8) is 0 Å². The van der Waals surface area contributed by atoms with Crippen molar-refractivity contribution in [3.8, 4) is 5.75 Å². The van der Waals surface area contributed by atoms with Crippen molar-refractivity contribution in [2.45, 2.75) is 39.0 Å². The third-order valence-corrected chi connectivity index (χ3v) is 3.19. The molecule has 2 heteroatoms. The van der Waals surface area contributed by atoms with E-state index in [2.05, 4.69) is 20.8 Å². The summed E-state index contributed by atoms with van der Waals surface area (Å²) in [6, 6.07) is 7.79. The highest BCUT2D eigenvalue weighted by Gasteiger charge is 2.30. The smallest absolute Gasteiger partial charge is 0.130 e. The largest absolute Gasteiger partial charge is 0.497 e. The summed E-state index contributed by atoms with van der Waals surface area (Å²) in [4.78, 5) is 11.5. The Morgan fingerprint density at radius 3 is 2.24 bits per heavy atom. The molecule has 1 aromatic carbocycles. The molecule has 0 amide bonds. The van der Waals surface area contributed by atoms with Gasteiger partial charge in [0.2, 0.25) is 0 Å². The van der Waals surface area contributed by atoms with Crippen LogP contribution in [0.2, 0.25) is 0 Å². The van der Waals surface area contributed by atoms with E-state index in [4.69, 9.17) is 4.74 Å². The number of methoxy groups -OCH3 is 1. The quantitative estimate of drug-likeness (QED) is 0.702. The van der Waals surface area contributed by atoms with Crippen LogP contribution in [-0.4, -0.2) is 13.4 Å². The lowest BCUT2D eigenvalue weighted by molar-refractivity contribution is -0.112. The Kier molecular flexibility index (Phi) is 4.73. The second kappa shape index (κ2) is 5.85. The first kappa shape index (κ1) is 13.8. The molecule has 0 aliphatic heterocycles. The molecule has 1 rings (SSSR count). The highest BCUT2D eigenvalue weighted by Crippen LogP contribution is 2.34. The molecule has 17 heavy (non-hydrogen) atoms. The molecule has 0 saturated carbocycles. The fraction of sp³-hybridized carbons (Fsp3) is 0.467. The summed E-state index contributed by atoms with van der Waals surface area (Å²) < 4.78 is 5.14. The van der Waals surface area contributed by atoms with E-state index in [1.807, 2.05) is 24.3 Å². The molecule has 0 aliphatic carbocycles. The molecular weight excluding hydrogens is 212 g/mol. The van der Waals surface area contributed by atoms with Gasteiger partial charge in [-0.15, -0.1) is 0 Å². The van der Waals surface area contributed by atoms with Crippen LogP contribution in [0, 0.1) is 5.92 Å². The van der Waals surface area contributed by atoms with E-state index in [0.29, 0.717) is 0 Å². The molecule has 2 nitrogen and oxygen atoms in total. The maximum Gasteiger partial charge on any atom is 0.130 e. The molecule has 0 aliphatic rings. The molecule has 0 N–H and O–H groups in total. The predicted octanol–water partition coefficient (Wildman–Crippen LogP) is 3.55. The molecule has 1 radical (unpaired) electrons. The van der Waals surface area contributed by atoms with E-state index in [-0.39, 0.29) is 5.41 Å². The van der Waals surface area contributed by atoms with E-state index in [1.165, 1.54) is 5.92 Å². The summed E-state index contributed by atoms with van der Waals surface area (Å²) in [6.45, 7) is 6.19. The lowest BCUT2D eigenvalue weighted by atomic mass is 9.73. The minimum Gasteiger partial charge on any atom is -0.497 e. The molecule has 0 bridgehead atoms. The zero-order chi connectivity index (χ0) is 12.9. The second-order valence-electron chi connectivity index (χ2n) is 4.74. The van der Waals surface area contributed by atoms with Gasteiger partial charge in [-0.25, -0.2) is 0 Å². The van der Waals surface area contributed by atoms with Gasteiger partial charge in [-0.1, -0.05) is 32.9 Å². The summed E-state index contributed by atoms with van der Waals surface area (Å²) in [5.41, 5.74) is 0.683. The van der Waals surface area contributed by atoms with Crippen LogP contribution in [0.25, 0.3) is 0 Å². The number of carbonyl (C=O) groups excluding carboxylic acids is 1. The van der Waals surface area contributed by atoms with Gasteiger partial charge in [0.1, 0.15) is 12.0 Å². The van der Waals surface area contributed by atoms with Gasteiger partial charge in [-0.05, 0) is 36.5 Å². The fourth-order valence-corrected chi connectivity index (χ4v) is 2.18. The van der Waals surface area contributed by atoms with Crippen LogP contribution in [-0.2, 0) is 10.2 Å².